The summed E-state index contributed by atoms with van der Waals surface area (Å²) in [6.07, 6.45) is 7.86. The highest BCUT2D eigenvalue weighted by molar-refractivity contribution is 5.99. The summed E-state index contributed by atoms with van der Waals surface area (Å²) >= 11 is 0. The summed E-state index contributed by atoms with van der Waals surface area (Å²) in [6, 6.07) is 1.82. The summed E-state index contributed by atoms with van der Waals surface area (Å²) in [7, 11) is 0. The summed E-state index contributed by atoms with van der Waals surface area (Å²) in [5.74, 6) is -0.310. The molecule has 7 nitrogen and oxygen atoms in total. The molecule has 0 atom stereocenters. The summed E-state index contributed by atoms with van der Waals surface area (Å²) in [6.45, 7) is 4.16. The minimum atomic E-state index is -0.441. The fourth-order valence-corrected chi connectivity index (χ4v) is 3.16. The lowest BCUT2D eigenvalue weighted by Crippen LogP contribution is -2.42. The molecule has 1 aliphatic rings. The second-order valence-electron chi connectivity index (χ2n) is 6.47. The lowest BCUT2D eigenvalue weighted by atomic mass is 9.74. The predicted octanol–water partition coefficient (Wildman–Crippen LogP) is 1.97. The third-order valence-corrected chi connectivity index (χ3v) is 4.72. The van der Waals surface area contributed by atoms with E-state index in [4.69, 9.17) is 4.74 Å². The van der Waals surface area contributed by atoms with Crippen molar-refractivity contribution in [2.24, 2.45) is 5.41 Å². The molecule has 0 saturated heterocycles. The maximum absolute atomic E-state index is 12.5. The average Bonchev–Trinajstić information content (AvgIpc) is 3.01. The minimum absolute atomic E-state index is 0.0543. The molecule has 0 aromatic carbocycles. The van der Waals surface area contributed by atoms with Crippen molar-refractivity contribution in [3.8, 4) is 0 Å². The van der Waals surface area contributed by atoms with E-state index in [1.54, 1.807) is 23.0 Å². The van der Waals surface area contributed by atoms with Crippen molar-refractivity contribution in [3.05, 3.63) is 30.2 Å². The van der Waals surface area contributed by atoms with Gasteiger partial charge < -0.3 is 10.1 Å². The van der Waals surface area contributed by atoms with Crippen LogP contribution in [0, 0.1) is 5.41 Å². The van der Waals surface area contributed by atoms with Gasteiger partial charge in [0.15, 0.2) is 5.65 Å². The number of esters is 1. The van der Waals surface area contributed by atoms with Gasteiger partial charge in [0.05, 0.1) is 18.2 Å². The number of amides is 1. The maximum Gasteiger partial charge on any atom is 0.311 e. The Morgan fingerprint density at radius 2 is 2.17 bits per heavy atom. The van der Waals surface area contributed by atoms with Crippen molar-refractivity contribution in [2.45, 2.75) is 45.6 Å². The molecule has 0 aliphatic heterocycles. The van der Waals surface area contributed by atoms with Gasteiger partial charge in [-0.3, -0.25) is 9.59 Å². The summed E-state index contributed by atoms with van der Waals surface area (Å²) in [5, 5.41) is 7.17. The number of fused-ring (bicyclic) bond motifs is 1. The van der Waals surface area contributed by atoms with E-state index in [9.17, 15) is 9.59 Å². The van der Waals surface area contributed by atoms with Crippen LogP contribution in [-0.2, 0) is 9.53 Å². The maximum atomic E-state index is 12.5. The third kappa shape index (κ3) is 3.11. The summed E-state index contributed by atoms with van der Waals surface area (Å²) < 4.78 is 6.74. The van der Waals surface area contributed by atoms with E-state index in [2.05, 4.69) is 15.4 Å². The lowest BCUT2D eigenvalue weighted by Gasteiger charge is -2.35. The van der Waals surface area contributed by atoms with E-state index in [0.717, 1.165) is 12.8 Å². The largest absolute Gasteiger partial charge is 0.466 e. The van der Waals surface area contributed by atoms with Gasteiger partial charge in [0.25, 0.3) is 5.91 Å². The molecule has 1 aliphatic carbocycles. The number of aromatic nitrogens is 3. The molecule has 1 N–H and O–H groups in total. The van der Waals surface area contributed by atoms with Crippen LogP contribution in [0.25, 0.3) is 5.65 Å². The number of nitrogens with zero attached hydrogens (tertiary/aromatic N) is 3. The van der Waals surface area contributed by atoms with E-state index < -0.39 is 5.41 Å². The first-order valence-electron chi connectivity index (χ1n) is 8.30. The Labute approximate surface area is 140 Å². The van der Waals surface area contributed by atoms with Crippen LogP contribution in [0.1, 0.15) is 49.9 Å². The van der Waals surface area contributed by atoms with E-state index in [0.29, 0.717) is 30.7 Å². The Bertz CT molecular complexity index is 747. The Balaban J connectivity index is 1.62. The number of carbonyl (C=O) groups is 2. The lowest BCUT2D eigenvalue weighted by molar-refractivity contribution is -0.156. The smallest absolute Gasteiger partial charge is 0.311 e. The Hall–Kier alpha value is -2.44. The van der Waals surface area contributed by atoms with Crippen molar-refractivity contribution >= 4 is 17.5 Å². The van der Waals surface area contributed by atoms with Gasteiger partial charge in [-0.05, 0) is 45.6 Å². The highest BCUT2D eigenvalue weighted by Crippen LogP contribution is 2.37. The van der Waals surface area contributed by atoms with Crippen LogP contribution in [0.15, 0.2) is 24.7 Å². The quantitative estimate of drug-likeness (QED) is 0.866. The van der Waals surface area contributed by atoms with E-state index in [1.165, 1.54) is 6.20 Å². The van der Waals surface area contributed by atoms with Crippen LogP contribution in [0.4, 0.5) is 0 Å². The van der Waals surface area contributed by atoms with Crippen molar-refractivity contribution in [3.63, 3.8) is 0 Å². The zero-order valence-electron chi connectivity index (χ0n) is 14.0. The highest BCUT2D eigenvalue weighted by Gasteiger charge is 2.39. The summed E-state index contributed by atoms with van der Waals surface area (Å²) in [4.78, 5) is 28.7. The predicted molar refractivity (Wildman–Crippen MR) is 87.4 cm³/mol. The first kappa shape index (κ1) is 16.4. The summed E-state index contributed by atoms with van der Waals surface area (Å²) in [5.41, 5.74) is 0.569. The molecule has 2 aromatic rings. The van der Waals surface area contributed by atoms with Gasteiger partial charge in [0.1, 0.15) is 5.56 Å². The fourth-order valence-electron chi connectivity index (χ4n) is 3.16. The molecular formula is C17H22N4O3. The fraction of sp³-hybridized carbons (Fsp3) is 0.529. The SMILES string of the molecule is CCOC(=O)C1(C)CCC(NC(=O)c2cnn3cccnc23)CC1. The van der Waals surface area contributed by atoms with Crippen molar-refractivity contribution in [2.75, 3.05) is 6.61 Å². The molecule has 1 amide bonds. The molecule has 0 bridgehead atoms. The first-order chi connectivity index (χ1) is 11.5. The van der Waals surface area contributed by atoms with Crippen LogP contribution in [-0.4, -0.2) is 39.1 Å². The van der Waals surface area contributed by atoms with Crippen LogP contribution >= 0.6 is 0 Å². The van der Waals surface area contributed by atoms with Gasteiger partial charge in [-0.15, -0.1) is 0 Å². The minimum Gasteiger partial charge on any atom is -0.466 e. The first-order valence-corrected chi connectivity index (χ1v) is 8.30. The molecule has 2 aromatic heterocycles. The van der Waals surface area contributed by atoms with Gasteiger partial charge in [-0.25, -0.2) is 9.50 Å². The number of nitrogens with one attached hydrogen (secondary N) is 1. The van der Waals surface area contributed by atoms with Crippen LogP contribution < -0.4 is 5.32 Å². The molecule has 2 heterocycles. The second-order valence-corrected chi connectivity index (χ2v) is 6.47. The standard InChI is InChI=1S/C17H22N4O3/c1-3-24-16(23)17(2)7-5-12(6-8-17)20-15(22)13-11-19-21-10-4-9-18-14(13)21/h4,9-12H,3,5-8H2,1-2H3,(H,20,22). The third-order valence-electron chi connectivity index (χ3n) is 4.72. The number of hydrogen-bond donors (Lipinski definition) is 1. The van der Waals surface area contributed by atoms with Crippen LogP contribution in [0.3, 0.4) is 0 Å². The van der Waals surface area contributed by atoms with Crippen molar-refractivity contribution in [1.82, 2.24) is 19.9 Å². The van der Waals surface area contributed by atoms with E-state index >= 15 is 0 Å². The molecular weight excluding hydrogens is 308 g/mol. The number of hydrogen-bond acceptors (Lipinski definition) is 5. The number of ether oxygens (including phenoxy) is 1. The molecule has 3 rings (SSSR count). The van der Waals surface area contributed by atoms with E-state index in [-0.39, 0.29) is 17.9 Å². The topological polar surface area (TPSA) is 85.6 Å². The van der Waals surface area contributed by atoms with Gasteiger partial charge in [-0.2, -0.15) is 5.10 Å². The van der Waals surface area contributed by atoms with Crippen LogP contribution in [0.2, 0.25) is 0 Å². The Morgan fingerprint density at radius 3 is 2.88 bits per heavy atom. The van der Waals surface area contributed by atoms with Gasteiger partial charge in [-0.1, -0.05) is 0 Å². The van der Waals surface area contributed by atoms with Gasteiger partial charge >= 0.3 is 5.97 Å². The zero-order valence-corrected chi connectivity index (χ0v) is 14.0. The Kier molecular flexibility index (Phi) is 4.51. The zero-order chi connectivity index (χ0) is 17.2. The van der Waals surface area contributed by atoms with E-state index in [1.807, 2.05) is 13.8 Å². The van der Waals surface area contributed by atoms with Crippen molar-refractivity contribution < 1.29 is 14.3 Å². The molecule has 0 radical (unpaired) electrons. The molecule has 1 fully saturated rings. The molecule has 128 valence electrons. The van der Waals surface area contributed by atoms with Gasteiger partial charge in [0, 0.05) is 18.4 Å². The van der Waals surface area contributed by atoms with Crippen LogP contribution in [0.5, 0.6) is 0 Å². The Morgan fingerprint density at radius 1 is 1.42 bits per heavy atom. The number of rotatable bonds is 4. The monoisotopic (exact) mass is 330 g/mol. The molecule has 0 unspecified atom stereocenters. The molecule has 0 spiro atoms. The van der Waals surface area contributed by atoms with Crippen molar-refractivity contribution in [1.29, 1.82) is 0 Å². The molecule has 1 saturated carbocycles. The molecule has 24 heavy (non-hydrogen) atoms. The second kappa shape index (κ2) is 6.59. The number of carbonyl (C=O) groups excluding carboxylic acids is 2. The van der Waals surface area contributed by atoms with Gasteiger partial charge in [0.2, 0.25) is 0 Å². The average molecular weight is 330 g/mol. The molecule has 7 heteroatoms. The highest BCUT2D eigenvalue weighted by atomic mass is 16.5. The normalized spacial score (nSPS) is 23.8.